The Kier molecular flexibility index (Phi) is 5.01. The average Bonchev–Trinajstić information content (AvgIpc) is 2.48. The second-order valence-electron chi connectivity index (χ2n) is 4.61. The zero-order chi connectivity index (χ0) is 14.5. The number of carbonyl (C=O) groups is 1. The van der Waals surface area contributed by atoms with E-state index in [9.17, 15) is 4.79 Å². The molecule has 0 aliphatic carbocycles. The predicted molar refractivity (Wildman–Crippen MR) is 85.0 cm³/mol. The van der Waals surface area contributed by atoms with Gasteiger partial charge >= 0.3 is 0 Å². The number of fused-ring (bicyclic) bond motifs is 1. The second-order valence-corrected chi connectivity index (χ2v) is 5.97. The van der Waals surface area contributed by atoms with Crippen molar-refractivity contribution in [2.24, 2.45) is 0 Å². The first-order valence-corrected chi connectivity index (χ1v) is 7.85. The third-order valence-corrected chi connectivity index (χ3v) is 4.32. The minimum absolute atomic E-state index is 0.108. The van der Waals surface area contributed by atoms with E-state index in [0.717, 1.165) is 29.0 Å². The van der Waals surface area contributed by atoms with Crippen molar-refractivity contribution in [3.63, 3.8) is 0 Å². The van der Waals surface area contributed by atoms with E-state index in [4.69, 9.17) is 0 Å². The number of para-hydroxylation sites is 1. The molecule has 0 aliphatic heterocycles. The fourth-order valence-electron chi connectivity index (χ4n) is 2.14. The normalized spacial score (nSPS) is 12.3. The number of hydrogen-bond donors (Lipinski definition) is 0. The van der Waals surface area contributed by atoms with Crippen molar-refractivity contribution in [3.8, 4) is 0 Å². The molecular weight excluding hydrogens is 268 g/mol. The van der Waals surface area contributed by atoms with E-state index in [2.05, 4.69) is 11.1 Å². The minimum atomic E-state index is -0.108. The van der Waals surface area contributed by atoms with Gasteiger partial charge < -0.3 is 4.90 Å². The molecule has 0 bridgehead atoms. The number of hydrogen-bond acceptors (Lipinski definition) is 3. The van der Waals surface area contributed by atoms with E-state index in [1.807, 2.05) is 56.0 Å². The highest BCUT2D eigenvalue weighted by atomic mass is 32.2. The van der Waals surface area contributed by atoms with Crippen molar-refractivity contribution in [2.75, 3.05) is 13.1 Å². The van der Waals surface area contributed by atoms with Gasteiger partial charge in [0, 0.05) is 18.5 Å². The average molecular weight is 288 g/mol. The van der Waals surface area contributed by atoms with E-state index in [0.29, 0.717) is 0 Å². The lowest BCUT2D eigenvalue weighted by atomic mass is 10.2. The Morgan fingerprint density at radius 3 is 2.60 bits per heavy atom. The van der Waals surface area contributed by atoms with Crippen LogP contribution in [0.25, 0.3) is 10.9 Å². The summed E-state index contributed by atoms with van der Waals surface area (Å²) in [7, 11) is 0. The SMILES string of the molecule is CCN(CC)C(=O)C(C)Sc1ccc2ccccc2n1. The van der Waals surface area contributed by atoms with Gasteiger partial charge in [-0.1, -0.05) is 36.0 Å². The van der Waals surface area contributed by atoms with Gasteiger partial charge in [0.2, 0.25) is 5.91 Å². The molecule has 0 saturated carbocycles. The Morgan fingerprint density at radius 1 is 1.20 bits per heavy atom. The van der Waals surface area contributed by atoms with Gasteiger partial charge in [-0.2, -0.15) is 0 Å². The molecule has 1 unspecified atom stereocenters. The molecule has 3 nitrogen and oxygen atoms in total. The van der Waals surface area contributed by atoms with E-state index in [1.54, 1.807) is 0 Å². The number of rotatable bonds is 5. The molecule has 0 spiro atoms. The summed E-state index contributed by atoms with van der Waals surface area (Å²) in [5, 5.41) is 1.92. The first kappa shape index (κ1) is 14.9. The lowest BCUT2D eigenvalue weighted by molar-refractivity contribution is -0.129. The molecule has 4 heteroatoms. The van der Waals surface area contributed by atoms with Crippen molar-refractivity contribution in [1.29, 1.82) is 0 Å². The van der Waals surface area contributed by atoms with Crippen LogP contribution < -0.4 is 0 Å². The summed E-state index contributed by atoms with van der Waals surface area (Å²) in [4.78, 5) is 18.7. The van der Waals surface area contributed by atoms with Crippen LogP contribution in [0.4, 0.5) is 0 Å². The zero-order valence-corrected chi connectivity index (χ0v) is 13.0. The standard InChI is InChI=1S/C16H20N2OS/c1-4-18(5-2)16(19)12(3)20-15-11-10-13-8-6-7-9-14(13)17-15/h6-12H,4-5H2,1-3H3. The van der Waals surface area contributed by atoms with Crippen LogP contribution in [-0.4, -0.2) is 34.1 Å². The molecule has 0 radical (unpaired) electrons. The maximum absolute atomic E-state index is 12.3. The third-order valence-electron chi connectivity index (χ3n) is 3.29. The molecule has 2 rings (SSSR count). The van der Waals surface area contributed by atoms with E-state index in [-0.39, 0.29) is 11.2 Å². The highest BCUT2D eigenvalue weighted by Gasteiger charge is 2.19. The van der Waals surface area contributed by atoms with Gasteiger partial charge in [0.05, 0.1) is 15.8 Å². The summed E-state index contributed by atoms with van der Waals surface area (Å²) in [6.45, 7) is 7.47. The van der Waals surface area contributed by atoms with Crippen molar-refractivity contribution in [2.45, 2.75) is 31.0 Å². The van der Waals surface area contributed by atoms with Gasteiger partial charge in [-0.05, 0) is 32.9 Å². The summed E-state index contributed by atoms with van der Waals surface area (Å²) in [6, 6.07) is 12.1. The quantitative estimate of drug-likeness (QED) is 0.788. The van der Waals surface area contributed by atoms with Crippen molar-refractivity contribution < 1.29 is 4.79 Å². The molecule has 1 aromatic heterocycles. The molecular formula is C16H20N2OS. The number of nitrogens with zero attached hydrogens (tertiary/aromatic N) is 2. The van der Waals surface area contributed by atoms with Crippen molar-refractivity contribution in [3.05, 3.63) is 36.4 Å². The Hall–Kier alpha value is -1.55. The lowest BCUT2D eigenvalue weighted by Gasteiger charge is -2.22. The lowest BCUT2D eigenvalue weighted by Crippen LogP contribution is -2.36. The van der Waals surface area contributed by atoms with Crippen LogP contribution in [0.5, 0.6) is 0 Å². The summed E-state index contributed by atoms with van der Waals surface area (Å²) < 4.78 is 0. The van der Waals surface area contributed by atoms with E-state index >= 15 is 0 Å². The van der Waals surface area contributed by atoms with Gasteiger partial charge in [-0.3, -0.25) is 4.79 Å². The topological polar surface area (TPSA) is 33.2 Å². The molecule has 1 heterocycles. The third kappa shape index (κ3) is 3.31. The number of thioether (sulfide) groups is 1. The Morgan fingerprint density at radius 2 is 1.90 bits per heavy atom. The number of carbonyl (C=O) groups excluding carboxylic acids is 1. The largest absolute Gasteiger partial charge is 0.342 e. The Labute approximate surface area is 124 Å². The Bertz CT molecular complexity index is 596. The number of aromatic nitrogens is 1. The van der Waals surface area contributed by atoms with Gasteiger partial charge in [-0.25, -0.2) is 4.98 Å². The van der Waals surface area contributed by atoms with Crippen molar-refractivity contribution in [1.82, 2.24) is 9.88 Å². The summed E-state index contributed by atoms with van der Waals surface area (Å²) in [5.74, 6) is 0.176. The monoisotopic (exact) mass is 288 g/mol. The summed E-state index contributed by atoms with van der Waals surface area (Å²) in [6.07, 6.45) is 0. The van der Waals surface area contributed by atoms with E-state index < -0.39 is 0 Å². The molecule has 20 heavy (non-hydrogen) atoms. The Balaban J connectivity index is 2.13. The first-order valence-electron chi connectivity index (χ1n) is 6.97. The van der Waals surface area contributed by atoms with Crippen LogP contribution in [0.2, 0.25) is 0 Å². The molecule has 2 aromatic rings. The van der Waals surface area contributed by atoms with E-state index in [1.165, 1.54) is 11.8 Å². The number of pyridine rings is 1. The van der Waals surface area contributed by atoms with Crippen LogP contribution in [0, 0.1) is 0 Å². The zero-order valence-electron chi connectivity index (χ0n) is 12.2. The van der Waals surface area contributed by atoms with Crippen LogP contribution >= 0.6 is 11.8 Å². The van der Waals surface area contributed by atoms with Gasteiger partial charge in [0.15, 0.2) is 0 Å². The van der Waals surface area contributed by atoms with Gasteiger partial charge in [-0.15, -0.1) is 0 Å². The fraction of sp³-hybridized carbons (Fsp3) is 0.375. The smallest absolute Gasteiger partial charge is 0.235 e. The molecule has 1 amide bonds. The second kappa shape index (κ2) is 6.75. The first-order chi connectivity index (χ1) is 9.65. The van der Waals surface area contributed by atoms with Crippen LogP contribution in [0.15, 0.2) is 41.4 Å². The number of benzene rings is 1. The summed E-state index contributed by atoms with van der Waals surface area (Å²) in [5.41, 5.74) is 0.972. The number of amides is 1. The minimum Gasteiger partial charge on any atom is -0.342 e. The highest BCUT2D eigenvalue weighted by molar-refractivity contribution is 8.00. The highest BCUT2D eigenvalue weighted by Crippen LogP contribution is 2.25. The molecule has 1 atom stereocenters. The summed E-state index contributed by atoms with van der Waals surface area (Å²) >= 11 is 1.52. The molecule has 1 aromatic carbocycles. The molecule has 0 fully saturated rings. The van der Waals surface area contributed by atoms with Gasteiger partial charge in [0.25, 0.3) is 0 Å². The molecule has 106 valence electrons. The maximum atomic E-state index is 12.3. The van der Waals surface area contributed by atoms with Crippen LogP contribution in [-0.2, 0) is 4.79 Å². The van der Waals surface area contributed by atoms with Crippen LogP contribution in [0.3, 0.4) is 0 Å². The van der Waals surface area contributed by atoms with Crippen molar-refractivity contribution >= 4 is 28.6 Å². The van der Waals surface area contributed by atoms with Gasteiger partial charge in [0.1, 0.15) is 0 Å². The molecule has 0 N–H and O–H groups in total. The fourth-order valence-corrected chi connectivity index (χ4v) is 3.05. The van der Waals surface area contributed by atoms with Crippen LogP contribution in [0.1, 0.15) is 20.8 Å². The molecule has 0 saturated heterocycles. The molecule has 0 aliphatic rings. The predicted octanol–water partition coefficient (Wildman–Crippen LogP) is 3.58. The maximum Gasteiger partial charge on any atom is 0.235 e.